The fourth-order valence-corrected chi connectivity index (χ4v) is 2.09. The van der Waals surface area contributed by atoms with Gasteiger partial charge in [0.25, 0.3) is 0 Å². The van der Waals surface area contributed by atoms with Crippen molar-refractivity contribution in [2.75, 3.05) is 12.8 Å². The second kappa shape index (κ2) is 6.61. The molecule has 0 spiro atoms. The molecule has 0 aliphatic heterocycles. The first-order valence-electron chi connectivity index (χ1n) is 5.42. The van der Waals surface area contributed by atoms with E-state index in [1.807, 2.05) is 19.9 Å². The maximum absolute atomic E-state index is 13.7. The van der Waals surface area contributed by atoms with Crippen molar-refractivity contribution in [3.63, 3.8) is 0 Å². The van der Waals surface area contributed by atoms with Gasteiger partial charge in [-0.2, -0.15) is 0 Å². The molecule has 17 heavy (non-hydrogen) atoms. The molecule has 1 aromatic carbocycles. The lowest BCUT2D eigenvalue weighted by Crippen LogP contribution is -2.30. The molecular weight excluding hydrogens is 305 g/mol. The average Bonchev–Trinajstić information content (AvgIpc) is 2.25. The van der Waals surface area contributed by atoms with Gasteiger partial charge in [-0.3, -0.25) is 4.21 Å². The number of benzene rings is 1. The van der Waals surface area contributed by atoms with E-state index < -0.39 is 10.8 Å². The van der Waals surface area contributed by atoms with Crippen molar-refractivity contribution in [1.82, 2.24) is 5.32 Å². The average molecular weight is 322 g/mol. The Morgan fingerprint density at radius 2 is 2.12 bits per heavy atom. The zero-order valence-electron chi connectivity index (χ0n) is 10.2. The Balaban J connectivity index is 2.64. The molecule has 96 valence electrons. The minimum atomic E-state index is -0.856. The molecule has 1 aromatic rings. The van der Waals surface area contributed by atoms with Crippen LogP contribution < -0.4 is 5.32 Å². The monoisotopic (exact) mass is 321 g/mol. The van der Waals surface area contributed by atoms with E-state index in [1.165, 1.54) is 6.07 Å². The first-order valence-corrected chi connectivity index (χ1v) is 7.83. The van der Waals surface area contributed by atoms with Gasteiger partial charge in [-0.05, 0) is 26.0 Å². The number of rotatable bonds is 5. The molecule has 5 heteroatoms. The van der Waals surface area contributed by atoms with Crippen LogP contribution in [-0.2, 0) is 10.8 Å². The standard InChI is InChI=1S/C12H17BrFNOS/c1-8(17(3)16)7-15-9(2)11-5-4-10(13)6-12(11)14/h4-6,8-9,15H,7H2,1-3H3/t8-,9-,17-/m0/s1. The second-order valence-corrected chi connectivity index (χ2v) is 6.82. The Morgan fingerprint density at radius 1 is 1.47 bits per heavy atom. The number of hydrogen-bond acceptors (Lipinski definition) is 2. The number of halogens is 2. The summed E-state index contributed by atoms with van der Waals surface area (Å²) in [6.07, 6.45) is 1.68. The topological polar surface area (TPSA) is 29.1 Å². The smallest absolute Gasteiger partial charge is 0.129 e. The van der Waals surface area contributed by atoms with Crippen LogP contribution in [0.5, 0.6) is 0 Å². The van der Waals surface area contributed by atoms with Gasteiger partial charge in [0.2, 0.25) is 0 Å². The number of nitrogens with one attached hydrogen (secondary N) is 1. The maximum Gasteiger partial charge on any atom is 0.129 e. The van der Waals surface area contributed by atoms with Crippen molar-refractivity contribution < 1.29 is 8.60 Å². The van der Waals surface area contributed by atoms with Gasteiger partial charge >= 0.3 is 0 Å². The van der Waals surface area contributed by atoms with Crippen LogP contribution in [0.4, 0.5) is 4.39 Å². The van der Waals surface area contributed by atoms with Crippen LogP contribution in [0.2, 0.25) is 0 Å². The van der Waals surface area contributed by atoms with Gasteiger partial charge in [-0.25, -0.2) is 4.39 Å². The predicted octanol–water partition coefficient (Wildman–Crippen LogP) is 3.01. The molecule has 0 amide bonds. The lowest BCUT2D eigenvalue weighted by Gasteiger charge is -2.17. The van der Waals surface area contributed by atoms with E-state index in [9.17, 15) is 8.60 Å². The molecule has 0 fully saturated rings. The van der Waals surface area contributed by atoms with Gasteiger partial charge in [0.1, 0.15) is 5.82 Å². The van der Waals surface area contributed by atoms with Crippen molar-refractivity contribution in [2.24, 2.45) is 0 Å². The van der Waals surface area contributed by atoms with Crippen molar-refractivity contribution in [3.8, 4) is 0 Å². The highest BCUT2D eigenvalue weighted by atomic mass is 79.9. The molecule has 1 N–H and O–H groups in total. The van der Waals surface area contributed by atoms with Crippen LogP contribution >= 0.6 is 15.9 Å². The highest BCUT2D eigenvalue weighted by Gasteiger charge is 2.13. The van der Waals surface area contributed by atoms with Gasteiger partial charge < -0.3 is 5.32 Å². The van der Waals surface area contributed by atoms with Crippen molar-refractivity contribution in [1.29, 1.82) is 0 Å². The minimum Gasteiger partial charge on any atom is -0.309 e. The molecule has 0 bridgehead atoms. The fourth-order valence-electron chi connectivity index (χ4n) is 1.42. The molecule has 0 unspecified atom stereocenters. The van der Waals surface area contributed by atoms with Crippen LogP contribution in [0.1, 0.15) is 25.5 Å². The van der Waals surface area contributed by atoms with Crippen molar-refractivity contribution in [2.45, 2.75) is 25.1 Å². The predicted molar refractivity (Wildman–Crippen MR) is 74.0 cm³/mol. The summed E-state index contributed by atoms with van der Waals surface area (Å²) in [7, 11) is -0.856. The van der Waals surface area contributed by atoms with Gasteiger partial charge in [-0.15, -0.1) is 0 Å². The fraction of sp³-hybridized carbons (Fsp3) is 0.500. The van der Waals surface area contributed by atoms with Crippen LogP contribution in [0.25, 0.3) is 0 Å². The molecule has 1 rings (SSSR count). The largest absolute Gasteiger partial charge is 0.309 e. The SMILES string of the molecule is C[C@H](NC[C@H](C)[S@](C)=O)c1ccc(Br)cc1F. The lowest BCUT2D eigenvalue weighted by atomic mass is 10.1. The van der Waals surface area contributed by atoms with Gasteiger partial charge in [0.05, 0.1) is 0 Å². The Bertz CT molecular complexity index is 413. The molecule has 0 aliphatic rings. The summed E-state index contributed by atoms with van der Waals surface area (Å²) in [4.78, 5) is 0. The Hall–Kier alpha value is -0.260. The van der Waals surface area contributed by atoms with Crippen LogP contribution in [0, 0.1) is 5.82 Å². The highest BCUT2D eigenvalue weighted by Crippen LogP contribution is 2.20. The van der Waals surface area contributed by atoms with Crippen molar-refractivity contribution in [3.05, 3.63) is 34.1 Å². The van der Waals surface area contributed by atoms with E-state index in [0.29, 0.717) is 12.1 Å². The summed E-state index contributed by atoms with van der Waals surface area (Å²) in [5, 5.41) is 3.26. The van der Waals surface area contributed by atoms with E-state index in [-0.39, 0.29) is 17.1 Å². The molecule has 3 atom stereocenters. The zero-order valence-corrected chi connectivity index (χ0v) is 12.6. The van der Waals surface area contributed by atoms with E-state index in [2.05, 4.69) is 21.2 Å². The van der Waals surface area contributed by atoms with E-state index in [1.54, 1.807) is 12.3 Å². The molecule has 0 aliphatic carbocycles. The summed E-state index contributed by atoms with van der Waals surface area (Å²) in [6.45, 7) is 4.42. The summed E-state index contributed by atoms with van der Waals surface area (Å²) in [5.74, 6) is -0.232. The maximum atomic E-state index is 13.7. The molecule has 0 saturated heterocycles. The van der Waals surface area contributed by atoms with Crippen LogP contribution in [0.3, 0.4) is 0 Å². The Kier molecular flexibility index (Phi) is 5.76. The lowest BCUT2D eigenvalue weighted by molar-refractivity contribution is 0.527. The molecular formula is C12H17BrFNOS. The third-order valence-corrected chi connectivity index (χ3v) is 4.50. The zero-order chi connectivity index (χ0) is 13.0. The van der Waals surface area contributed by atoms with Crippen LogP contribution in [0.15, 0.2) is 22.7 Å². The summed E-state index contributed by atoms with van der Waals surface area (Å²) < 4.78 is 25.6. The van der Waals surface area contributed by atoms with Gasteiger partial charge in [-0.1, -0.05) is 22.0 Å². The first kappa shape index (κ1) is 14.8. The number of hydrogen-bond donors (Lipinski definition) is 1. The van der Waals surface area contributed by atoms with Gasteiger partial charge in [0, 0.05) is 44.9 Å². The third kappa shape index (κ3) is 4.48. The quantitative estimate of drug-likeness (QED) is 0.903. The summed E-state index contributed by atoms with van der Waals surface area (Å²) in [5.41, 5.74) is 0.627. The first-order chi connectivity index (χ1) is 7.91. The molecule has 0 radical (unpaired) electrons. The molecule has 2 nitrogen and oxygen atoms in total. The molecule has 0 aromatic heterocycles. The second-order valence-electron chi connectivity index (χ2n) is 4.10. The van der Waals surface area contributed by atoms with Crippen molar-refractivity contribution >= 4 is 26.7 Å². The van der Waals surface area contributed by atoms with E-state index in [0.717, 1.165) is 4.47 Å². The Morgan fingerprint density at radius 3 is 2.65 bits per heavy atom. The van der Waals surface area contributed by atoms with E-state index >= 15 is 0 Å². The molecule has 0 saturated carbocycles. The minimum absolute atomic E-state index is 0.0657. The summed E-state index contributed by atoms with van der Waals surface area (Å²) >= 11 is 3.23. The Labute approximate surface area is 113 Å². The van der Waals surface area contributed by atoms with E-state index in [4.69, 9.17) is 0 Å². The molecule has 0 heterocycles. The van der Waals surface area contributed by atoms with Gasteiger partial charge in [0.15, 0.2) is 0 Å². The van der Waals surface area contributed by atoms with Crippen LogP contribution in [-0.4, -0.2) is 22.3 Å². The highest BCUT2D eigenvalue weighted by molar-refractivity contribution is 9.10. The normalized spacial score (nSPS) is 16.5. The summed E-state index contributed by atoms with van der Waals surface area (Å²) in [6, 6.07) is 4.94. The third-order valence-electron chi connectivity index (χ3n) is 2.71.